The zero-order valence-electron chi connectivity index (χ0n) is 13.1. The first-order valence-electron chi connectivity index (χ1n) is 6.19. The second kappa shape index (κ2) is 33.9. The molecule has 0 aliphatic rings. The van der Waals surface area contributed by atoms with Crippen LogP contribution in [0, 0.1) is 0 Å². The summed E-state index contributed by atoms with van der Waals surface area (Å²) < 4.78 is 0. The fraction of sp³-hybridized carbons (Fsp3) is 0.800. The van der Waals surface area contributed by atoms with Crippen LogP contribution >= 0.6 is 0 Å². The first kappa shape index (κ1) is 38.8. The van der Waals surface area contributed by atoms with Gasteiger partial charge in [0.25, 0.3) is 0 Å². The van der Waals surface area contributed by atoms with Gasteiger partial charge in [0, 0.05) is 39.3 Å². The van der Waals surface area contributed by atoms with Gasteiger partial charge in [-0.3, -0.25) is 0 Å². The Morgan fingerprint density at radius 2 is 0.792 bits per heavy atom. The van der Waals surface area contributed by atoms with E-state index in [1.54, 1.807) is 0 Å². The van der Waals surface area contributed by atoms with E-state index in [2.05, 4.69) is 0 Å². The maximum atomic E-state index is 9.63. The van der Waals surface area contributed by atoms with Crippen LogP contribution in [0.4, 0.5) is 0 Å². The molecule has 24 heavy (non-hydrogen) atoms. The summed E-state index contributed by atoms with van der Waals surface area (Å²) in [6, 6.07) is 0. The largest absolute Gasteiger partial charge is 3.00 e. The number of halogens is 1. The molecule has 0 aromatic heterocycles. The first-order valence-corrected chi connectivity index (χ1v) is 6.19. The maximum Gasteiger partial charge on any atom is 3.00 e. The van der Waals surface area contributed by atoms with Crippen LogP contribution in [0.5, 0.6) is 0 Å². The third kappa shape index (κ3) is 43.0. The molecule has 0 aromatic rings. The van der Waals surface area contributed by atoms with Crippen molar-refractivity contribution < 1.29 is 59.2 Å². The maximum absolute atomic E-state index is 9.63. The van der Waals surface area contributed by atoms with E-state index in [9.17, 15) is 19.8 Å². The third-order valence-corrected chi connectivity index (χ3v) is 1.28. The van der Waals surface area contributed by atoms with Crippen molar-refractivity contribution in [3.8, 4) is 0 Å². The van der Waals surface area contributed by atoms with Crippen molar-refractivity contribution >= 4 is 11.9 Å². The van der Waals surface area contributed by atoms with Crippen molar-refractivity contribution in [1.29, 1.82) is 0 Å². The number of carboxylic acids is 2. The van der Waals surface area contributed by atoms with Gasteiger partial charge in [0.1, 0.15) is 12.2 Å². The van der Waals surface area contributed by atoms with Gasteiger partial charge in [0.2, 0.25) is 0 Å². The molecule has 0 unspecified atom stereocenters. The topological polar surface area (TPSA) is 277 Å². The van der Waals surface area contributed by atoms with Crippen LogP contribution in [0.2, 0.25) is 0 Å². The van der Waals surface area contributed by atoms with Crippen LogP contribution in [0.3, 0.4) is 0 Å². The SMILES string of the molecule is NCCN.NCCN.NCCN.O=C([O-])[C@@H](O)[C@@H](O)C(=O)[O-].[Cl-].[Co+3]. The Morgan fingerprint density at radius 3 is 0.833 bits per heavy atom. The Morgan fingerprint density at radius 1 is 0.667 bits per heavy atom. The third-order valence-electron chi connectivity index (χ3n) is 1.28. The zero-order valence-corrected chi connectivity index (χ0v) is 14.9. The van der Waals surface area contributed by atoms with Gasteiger partial charge in [-0.25, -0.2) is 0 Å². The molecule has 12 nitrogen and oxygen atoms in total. The van der Waals surface area contributed by atoms with E-state index in [0.717, 1.165) is 0 Å². The summed E-state index contributed by atoms with van der Waals surface area (Å²) >= 11 is 0. The van der Waals surface area contributed by atoms with Crippen LogP contribution in [-0.4, -0.2) is 73.6 Å². The van der Waals surface area contributed by atoms with Crippen molar-refractivity contribution in [2.24, 2.45) is 34.4 Å². The molecule has 0 spiro atoms. The molecule has 0 saturated heterocycles. The van der Waals surface area contributed by atoms with E-state index < -0.39 is 24.1 Å². The number of hydrogen-bond acceptors (Lipinski definition) is 12. The predicted octanol–water partition coefficient (Wildman–Crippen LogP) is -11.1. The van der Waals surface area contributed by atoms with E-state index in [1.165, 1.54) is 0 Å². The molecule has 0 aliphatic heterocycles. The number of hydrogen-bond donors (Lipinski definition) is 8. The van der Waals surface area contributed by atoms with Crippen molar-refractivity contribution in [2.45, 2.75) is 12.2 Å². The normalized spacial score (nSPS) is 10.3. The van der Waals surface area contributed by atoms with Crippen molar-refractivity contribution in [3.05, 3.63) is 0 Å². The fourth-order valence-corrected chi connectivity index (χ4v) is 0.258. The van der Waals surface area contributed by atoms with Crippen LogP contribution in [0.25, 0.3) is 0 Å². The first-order chi connectivity index (χ1) is 10.2. The van der Waals surface area contributed by atoms with Crippen molar-refractivity contribution in [2.75, 3.05) is 39.3 Å². The number of carbonyl (C=O) groups excluding carboxylic acids is 2. The summed E-state index contributed by atoms with van der Waals surface area (Å²) in [5, 5.41) is 35.7. The van der Waals surface area contributed by atoms with Gasteiger partial charge in [-0.2, -0.15) is 0 Å². The minimum atomic E-state index is -2.44. The number of carboxylic acid groups (broad SMARTS) is 2. The number of rotatable bonds is 6. The Kier molecular flexibility index (Phi) is 54.8. The Bertz CT molecular complexity index is 224. The van der Waals surface area contributed by atoms with Gasteiger partial charge in [-0.15, -0.1) is 0 Å². The van der Waals surface area contributed by atoms with E-state index in [1.807, 2.05) is 0 Å². The average Bonchev–Trinajstić information content (AvgIpc) is 2.53. The number of carbonyl (C=O) groups is 2. The molecule has 0 rings (SSSR count). The molecule has 14 heteroatoms. The average molecular weight is 423 g/mol. The Labute approximate surface area is 157 Å². The number of aliphatic hydroxyl groups excluding tert-OH is 2. The monoisotopic (exact) mass is 422 g/mol. The van der Waals surface area contributed by atoms with E-state index in [4.69, 9.17) is 44.6 Å². The number of aliphatic hydroxyl groups is 2. The standard InChI is InChI=1S/C4H6O6.3C2H8N2.ClH.Co/c5-1(3(7)8)2(6)4(9)10;3*3-1-2-4;;/h1-2,5-6H,(H,7,8)(H,9,10);3*1-4H2;1H;/q;;;;;+3/p-3/t1-,2+;;;;;. The molecule has 0 amide bonds. The van der Waals surface area contributed by atoms with Crippen LogP contribution in [0.15, 0.2) is 0 Å². The molecule has 0 fully saturated rings. The number of nitrogens with two attached hydrogens (primary N) is 6. The smallest absolute Gasteiger partial charge is 1.00 e. The zero-order chi connectivity index (χ0) is 18.6. The number of aliphatic carboxylic acids is 2. The summed E-state index contributed by atoms with van der Waals surface area (Å²) in [4.78, 5) is 19.3. The van der Waals surface area contributed by atoms with Crippen LogP contribution < -0.4 is 57.0 Å². The predicted molar refractivity (Wildman–Crippen MR) is 76.4 cm³/mol. The van der Waals surface area contributed by atoms with Crippen LogP contribution in [-0.2, 0) is 26.4 Å². The molecule has 0 aliphatic carbocycles. The molecule has 0 heterocycles. The van der Waals surface area contributed by atoms with Crippen LogP contribution in [0.1, 0.15) is 0 Å². The van der Waals surface area contributed by atoms with Crippen molar-refractivity contribution in [1.82, 2.24) is 0 Å². The second-order valence-electron chi connectivity index (χ2n) is 3.26. The van der Waals surface area contributed by atoms with Crippen molar-refractivity contribution in [3.63, 3.8) is 0 Å². The van der Waals surface area contributed by atoms with Gasteiger partial charge in [-0.05, 0) is 0 Å². The summed E-state index contributed by atoms with van der Waals surface area (Å²) in [5.41, 5.74) is 29.4. The van der Waals surface area contributed by atoms with E-state index >= 15 is 0 Å². The second-order valence-corrected chi connectivity index (χ2v) is 3.26. The molecule has 0 radical (unpaired) electrons. The van der Waals surface area contributed by atoms with Gasteiger partial charge >= 0.3 is 16.8 Å². The molecule has 0 aromatic carbocycles. The molecule has 14 N–H and O–H groups in total. The Hall–Kier alpha value is -0.584. The quantitative estimate of drug-likeness (QED) is 0.198. The Balaban J connectivity index is -0.0000000492. The molecular formula is C10H28ClCoN6O6. The van der Waals surface area contributed by atoms with Gasteiger partial charge in [-0.1, -0.05) is 0 Å². The summed E-state index contributed by atoms with van der Waals surface area (Å²) in [6.07, 6.45) is -4.88. The summed E-state index contributed by atoms with van der Waals surface area (Å²) in [5.74, 6) is -4.12. The summed E-state index contributed by atoms with van der Waals surface area (Å²) in [7, 11) is 0. The van der Waals surface area contributed by atoms with E-state index in [-0.39, 0.29) is 29.2 Å². The minimum absolute atomic E-state index is 0. The molecule has 0 saturated carbocycles. The molecule has 150 valence electrons. The molecule has 2 atom stereocenters. The minimum Gasteiger partial charge on any atom is -1.00 e. The van der Waals surface area contributed by atoms with Gasteiger partial charge < -0.3 is 76.8 Å². The fourth-order valence-electron chi connectivity index (χ4n) is 0.258. The van der Waals surface area contributed by atoms with Gasteiger partial charge in [0.05, 0.1) is 11.9 Å². The summed E-state index contributed by atoms with van der Waals surface area (Å²) in [6.45, 7) is 3.58. The van der Waals surface area contributed by atoms with E-state index in [0.29, 0.717) is 39.3 Å². The molecule has 0 bridgehead atoms. The molecular weight excluding hydrogens is 395 g/mol. The van der Waals surface area contributed by atoms with Gasteiger partial charge in [0.15, 0.2) is 0 Å².